The predicted octanol–water partition coefficient (Wildman–Crippen LogP) is 4.72. The Morgan fingerprint density at radius 2 is 1.93 bits per heavy atom. The quantitative estimate of drug-likeness (QED) is 0.572. The summed E-state index contributed by atoms with van der Waals surface area (Å²) in [4.78, 5) is 19.9. The topological polar surface area (TPSA) is 58.4 Å². The number of carbonyl (C=O) groups excluding carboxylic acids is 1. The fourth-order valence-corrected chi connectivity index (χ4v) is 4.64. The molecular formula is C23H27N3O2S. The molecule has 0 bridgehead atoms. The molecular weight excluding hydrogens is 382 g/mol. The molecule has 1 aliphatic rings. The lowest BCUT2D eigenvalue weighted by atomic mass is 10.0. The molecule has 3 aromatic rings. The van der Waals surface area contributed by atoms with E-state index < -0.39 is 0 Å². The van der Waals surface area contributed by atoms with Crippen molar-refractivity contribution in [2.75, 3.05) is 19.6 Å². The third-order valence-corrected chi connectivity index (χ3v) is 6.23. The average Bonchev–Trinajstić information content (AvgIpc) is 3.17. The van der Waals surface area contributed by atoms with E-state index in [1.165, 1.54) is 18.2 Å². The summed E-state index contributed by atoms with van der Waals surface area (Å²) in [5.41, 5.74) is 3.39. The predicted molar refractivity (Wildman–Crippen MR) is 117 cm³/mol. The molecule has 0 spiro atoms. The zero-order valence-corrected chi connectivity index (χ0v) is 17.6. The number of hydrogen-bond donors (Lipinski definition) is 1. The zero-order valence-electron chi connectivity index (χ0n) is 16.8. The summed E-state index contributed by atoms with van der Waals surface area (Å²) in [5, 5.41) is 3.87. The maximum Gasteiger partial charge on any atom is 0.257 e. The van der Waals surface area contributed by atoms with E-state index in [9.17, 15) is 4.79 Å². The van der Waals surface area contributed by atoms with Crippen LogP contribution in [-0.4, -0.2) is 41.5 Å². The van der Waals surface area contributed by atoms with Crippen LogP contribution in [0.15, 0.2) is 58.2 Å². The SMILES string of the molecule is CCCN1CCC(NC(=O)c2ccccc2CSc2nc3ccccc3o2)CC1. The van der Waals surface area contributed by atoms with Gasteiger partial charge in [-0.1, -0.05) is 49.0 Å². The van der Waals surface area contributed by atoms with Crippen LogP contribution in [0.25, 0.3) is 11.1 Å². The van der Waals surface area contributed by atoms with Crippen LogP contribution in [0.4, 0.5) is 0 Å². The number of benzene rings is 2. The molecule has 1 aromatic heterocycles. The van der Waals surface area contributed by atoms with Gasteiger partial charge in [0, 0.05) is 30.4 Å². The van der Waals surface area contributed by atoms with Crippen molar-refractivity contribution in [3.63, 3.8) is 0 Å². The molecule has 5 nitrogen and oxygen atoms in total. The maximum absolute atomic E-state index is 12.9. The van der Waals surface area contributed by atoms with E-state index in [2.05, 4.69) is 22.1 Å². The Morgan fingerprint density at radius 3 is 2.72 bits per heavy atom. The van der Waals surface area contributed by atoms with Crippen LogP contribution in [0.5, 0.6) is 0 Å². The van der Waals surface area contributed by atoms with Gasteiger partial charge in [0.25, 0.3) is 11.1 Å². The number of thioether (sulfide) groups is 1. The van der Waals surface area contributed by atoms with Crippen molar-refractivity contribution >= 4 is 28.8 Å². The van der Waals surface area contributed by atoms with Crippen LogP contribution < -0.4 is 5.32 Å². The van der Waals surface area contributed by atoms with Crippen LogP contribution in [0.2, 0.25) is 0 Å². The molecule has 4 rings (SSSR count). The molecule has 1 saturated heterocycles. The van der Waals surface area contributed by atoms with Gasteiger partial charge in [0.2, 0.25) is 0 Å². The Bertz CT molecular complexity index is 930. The highest BCUT2D eigenvalue weighted by Gasteiger charge is 2.21. The highest BCUT2D eigenvalue weighted by atomic mass is 32.2. The molecule has 1 N–H and O–H groups in total. The van der Waals surface area contributed by atoms with Gasteiger partial charge >= 0.3 is 0 Å². The lowest BCUT2D eigenvalue weighted by molar-refractivity contribution is 0.0910. The molecule has 0 radical (unpaired) electrons. The Hall–Kier alpha value is -2.31. The molecule has 6 heteroatoms. The molecule has 1 amide bonds. The summed E-state index contributed by atoms with van der Waals surface area (Å²) in [6.07, 6.45) is 3.22. The number of fused-ring (bicyclic) bond motifs is 1. The second kappa shape index (κ2) is 9.46. The van der Waals surface area contributed by atoms with Gasteiger partial charge in [-0.05, 0) is 49.6 Å². The highest BCUT2D eigenvalue weighted by molar-refractivity contribution is 7.98. The first-order chi connectivity index (χ1) is 14.2. The Kier molecular flexibility index (Phi) is 6.52. The summed E-state index contributed by atoms with van der Waals surface area (Å²) >= 11 is 1.52. The second-order valence-corrected chi connectivity index (χ2v) is 8.41. The van der Waals surface area contributed by atoms with Crippen molar-refractivity contribution in [2.45, 2.75) is 43.2 Å². The van der Waals surface area contributed by atoms with E-state index >= 15 is 0 Å². The normalized spacial score (nSPS) is 15.6. The fraction of sp³-hybridized carbons (Fsp3) is 0.391. The maximum atomic E-state index is 12.9. The Morgan fingerprint density at radius 1 is 1.17 bits per heavy atom. The lowest BCUT2D eigenvalue weighted by Crippen LogP contribution is -2.44. The number of nitrogens with zero attached hydrogens (tertiary/aromatic N) is 2. The van der Waals surface area contributed by atoms with E-state index in [1.807, 2.05) is 48.5 Å². The van der Waals surface area contributed by atoms with Gasteiger partial charge in [0.1, 0.15) is 5.52 Å². The molecule has 29 heavy (non-hydrogen) atoms. The third-order valence-electron chi connectivity index (χ3n) is 5.35. The zero-order chi connectivity index (χ0) is 20.1. The number of oxazole rings is 1. The molecule has 152 valence electrons. The first kappa shape index (κ1) is 20.0. The van der Waals surface area contributed by atoms with Gasteiger partial charge in [0.15, 0.2) is 5.58 Å². The van der Waals surface area contributed by atoms with Crippen LogP contribution in [0.3, 0.4) is 0 Å². The smallest absolute Gasteiger partial charge is 0.257 e. The molecule has 1 aliphatic heterocycles. The molecule has 2 heterocycles. The van der Waals surface area contributed by atoms with Crippen LogP contribution >= 0.6 is 11.8 Å². The van der Waals surface area contributed by atoms with Crippen molar-refractivity contribution in [1.29, 1.82) is 0 Å². The number of amides is 1. The van der Waals surface area contributed by atoms with Crippen molar-refractivity contribution in [1.82, 2.24) is 15.2 Å². The van der Waals surface area contributed by atoms with E-state index in [-0.39, 0.29) is 11.9 Å². The minimum atomic E-state index is 0.0210. The van der Waals surface area contributed by atoms with E-state index in [1.54, 1.807) is 0 Å². The standard InChI is InChI=1S/C23H27N3O2S/c1-2-13-26-14-11-18(12-15-26)24-22(27)19-8-4-3-7-17(19)16-29-23-25-20-9-5-6-10-21(20)28-23/h3-10,18H,2,11-16H2,1H3,(H,24,27). The van der Waals surface area contributed by atoms with Crippen LogP contribution in [0, 0.1) is 0 Å². The Balaban J connectivity index is 1.38. The summed E-state index contributed by atoms with van der Waals surface area (Å²) < 4.78 is 5.79. The fourth-order valence-electron chi connectivity index (χ4n) is 3.80. The molecule has 0 aliphatic carbocycles. The molecule has 0 unspecified atom stereocenters. The Labute approximate surface area is 175 Å². The van der Waals surface area contributed by atoms with Crippen LogP contribution in [0.1, 0.15) is 42.1 Å². The second-order valence-electron chi connectivity index (χ2n) is 7.48. The number of hydrogen-bond acceptors (Lipinski definition) is 5. The number of nitrogens with one attached hydrogen (secondary N) is 1. The van der Waals surface area contributed by atoms with E-state index in [0.29, 0.717) is 11.0 Å². The minimum absolute atomic E-state index is 0.0210. The highest BCUT2D eigenvalue weighted by Crippen LogP contribution is 2.27. The number of rotatable bonds is 7. The number of piperidine rings is 1. The van der Waals surface area contributed by atoms with Gasteiger partial charge < -0.3 is 14.6 Å². The summed E-state index contributed by atoms with van der Waals surface area (Å²) in [6, 6.07) is 15.8. The summed E-state index contributed by atoms with van der Waals surface area (Å²) in [6.45, 7) is 5.49. The van der Waals surface area contributed by atoms with Crippen molar-refractivity contribution in [3.05, 3.63) is 59.7 Å². The lowest BCUT2D eigenvalue weighted by Gasteiger charge is -2.32. The van der Waals surface area contributed by atoms with Gasteiger partial charge in [-0.15, -0.1) is 0 Å². The van der Waals surface area contributed by atoms with E-state index in [0.717, 1.165) is 54.7 Å². The van der Waals surface area contributed by atoms with Gasteiger partial charge in [-0.3, -0.25) is 4.79 Å². The van der Waals surface area contributed by atoms with Crippen LogP contribution in [-0.2, 0) is 5.75 Å². The van der Waals surface area contributed by atoms with Crippen molar-refractivity contribution in [2.24, 2.45) is 0 Å². The van der Waals surface area contributed by atoms with Crippen molar-refractivity contribution in [3.8, 4) is 0 Å². The summed E-state index contributed by atoms with van der Waals surface area (Å²) in [7, 11) is 0. The third kappa shape index (κ3) is 5.00. The number of para-hydroxylation sites is 2. The largest absolute Gasteiger partial charge is 0.431 e. The number of carbonyl (C=O) groups is 1. The van der Waals surface area contributed by atoms with Gasteiger partial charge in [-0.2, -0.15) is 0 Å². The van der Waals surface area contributed by atoms with Gasteiger partial charge in [0.05, 0.1) is 0 Å². The van der Waals surface area contributed by atoms with E-state index in [4.69, 9.17) is 4.42 Å². The molecule has 0 saturated carbocycles. The van der Waals surface area contributed by atoms with Gasteiger partial charge in [-0.25, -0.2) is 4.98 Å². The molecule has 2 aromatic carbocycles. The first-order valence-electron chi connectivity index (χ1n) is 10.3. The average molecular weight is 410 g/mol. The molecule has 1 fully saturated rings. The monoisotopic (exact) mass is 409 g/mol. The molecule has 0 atom stereocenters. The summed E-state index contributed by atoms with van der Waals surface area (Å²) in [5.74, 6) is 0.665. The minimum Gasteiger partial charge on any atom is -0.431 e. The number of aromatic nitrogens is 1. The van der Waals surface area contributed by atoms with Crippen molar-refractivity contribution < 1.29 is 9.21 Å². The number of likely N-dealkylation sites (tertiary alicyclic amines) is 1. The first-order valence-corrected chi connectivity index (χ1v) is 11.3.